The van der Waals surface area contributed by atoms with Crippen LogP contribution in [-0.2, 0) is 14.8 Å². The minimum Gasteiger partial charge on any atom is -0.497 e. The monoisotopic (exact) mass is 388 g/mol. The topological polar surface area (TPSA) is 75.7 Å². The number of hydrogen-bond acceptors (Lipinski definition) is 4. The van der Waals surface area contributed by atoms with Crippen LogP contribution in [-0.4, -0.2) is 38.3 Å². The van der Waals surface area contributed by atoms with Crippen molar-refractivity contribution in [2.24, 2.45) is 0 Å². The van der Waals surface area contributed by atoms with Gasteiger partial charge < -0.3 is 10.1 Å². The van der Waals surface area contributed by atoms with Crippen molar-refractivity contribution in [3.8, 4) is 5.75 Å². The summed E-state index contributed by atoms with van der Waals surface area (Å²) in [4.78, 5) is 12.6. The lowest BCUT2D eigenvalue weighted by atomic mass is 10.0. The van der Waals surface area contributed by atoms with Gasteiger partial charge >= 0.3 is 0 Å². The van der Waals surface area contributed by atoms with Gasteiger partial charge in [-0.3, -0.25) is 4.79 Å². The summed E-state index contributed by atoms with van der Waals surface area (Å²) in [5.41, 5.74) is 0.711. The minimum absolute atomic E-state index is 0.143. The number of anilines is 1. The van der Waals surface area contributed by atoms with Crippen LogP contribution in [0.2, 0.25) is 0 Å². The molecule has 1 heterocycles. The molecular weight excluding hydrogens is 364 g/mol. The summed E-state index contributed by atoms with van der Waals surface area (Å²) in [7, 11) is -2.12. The van der Waals surface area contributed by atoms with Gasteiger partial charge in [0, 0.05) is 24.7 Å². The maximum Gasteiger partial charge on any atom is 0.243 e. The van der Waals surface area contributed by atoms with E-state index in [1.807, 2.05) is 30.3 Å². The van der Waals surface area contributed by atoms with Gasteiger partial charge in [-0.2, -0.15) is 4.31 Å². The number of piperidine rings is 1. The number of benzene rings is 2. The number of hydrogen-bond donors (Lipinski definition) is 1. The normalized spacial score (nSPS) is 18.0. The standard InChI is InChI=1S/C20H24N2O4S/c1-26-18-10-12-19(13-11-18)27(24,25)22-14-6-5-9-17(22)15-20(23)21-16-7-3-2-4-8-16/h2-4,7-8,10-13,17H,5-6,9,14-15H2,1H3,(H,21,23)/t17-/m1/s1. The maximum atomic E-state index is 13.1. The summed E-state index contributed by atoms with van der Waals surface area (Å²) in [5.74, 6) is 0.425. The molecule has 1 amide bonds. The van der Waals surface area contributed by atoms with Crippen LogP contribution in [0.25, 0.3) is 0 Å². The number of ether oxygens (including phenoxy) is 1. The van der Waals surface area contributed by atoms with Gasteiger partial charge in [-0.1, -0.05) is 24.6 Å². The lowest BCUT2D eigenvalue weighted by molar-refractivity contribution is -0.117. The fourth-order valence-corrected chi connectivity index (χ4v) is 5.02. The number of amides is 1. The molecule has 0 radical (unpaired) electrons. The molecule has 3 rings (SSSR count). The van der Waals surface area contributed by atoms with Gasteiger partial charge in [0.05, 0.1) is 12.0 Å². The summed E-state index contributed by atoms with van der Waals surface area (Å²) in [6.45, 7) is 0.428. The first-order valence-corrected chi connectivity index (χ1v) is 10.5. The zero-order valence-electron chi connectivity index (χ0n) is 15.3. The molecule has 144 valence electrons. The van der Waals surface area contributed by atoms with E-state index in [2.05, 4.69) is 5.32 Å². The number of carbonyl (C=O) groups excluding carboxylic acids is 1. The Kier molecular flexibility index (Phi) is 6.13. The van der Waals surface area contributed by atoms with Crippen LogP contribution < -0.4 is 10.1 Å². The van der Waals surface area contributed by atoms with Gasteiger partial charge in [0.1, 0.15) is 5.75 Å². The average molecular weight is 388 g/mol. The molecule has 0 aromatic heterocycles. The summed E-state index contributed by atoms with van der Waals surface area (Å²) >= 11 is 0. The number of methoxy groups -OCH3 is 1. The molecular formula is C20H24N2O4S. The first kappa shape index (κ1) is 19.4. The second kappa shape index (κ2) is 8.54. The first-order chi connectivity index (χ1) is 13.0. The Morgan fingerprint density at radius 3 is 2.48 bits per heavy atom. The Hall–Kier alpha value is -2.38. The largest absolute Gasteiger partial charge is 0.497 e. The van der Waals surface area contributed by atoms with E-state index in [9.17, 15) is 13.2 Å². The number of sulfonamides is 1. The first-order valence-electron chi connectivity index (χ1n) is 9.01. The second-order valence-electron chi connectivity index (χ2n) is 6.56. The molecule has 0 unspecified atom stereocenters. The van der Waals surface area contributed by atoms with Crippen LogP contribution in [0.3, 0.4) is 0 Å². The molecule has 0 spiro atoms. The molecule has 0 aliphatic carbocycles. The molecule has 1 aliphatic heterocycles. The molecule has 6 nitrogen and oxygen atoms in total. The minimum atomic E-state index is -3.66. The Morgan fingerprint density at radius 1 is 1.11 bits per heavy atom. The summed E-state index contributed by atoms with van der Waals surface area (Å²) in [5, 5.41) is 2.84. The summed E-state index contributed by atoms with van der Waals surface area (Å²) in [6, 6.07) is 15.2. The highest BCUT2D eigenvalue weighted by molar-refractivity contribution is 7.89. The summed E-state index contributed by atoms with van der Waals surface area (Å²) < 4.78 is 32.8. The van der Waals surface area contributed by atoms with Gasteiger partial charge in [-0.25, -0.2) is 8.42 Å². The molecule has 1 aliphatic rings. The Bertz CT molecular complexity index is 867. The fraction of sp³-hybridized carbons (Fsp3) is 0.350. The average Bonchev–Trinajstić information content (AvgIpc) is 2.69. The van der Waals surface area contributed by atoms with E-state index in [-0.39, 0.29) is 23.3 Å². The van der Waals surface area contributed by atoms with Gasteiger partial charge in [-0.15, -0.1) is 0 Å². The van der Waals surface area contributed by atoms with Gasteiger partial charge in [0.25, 0.3) is 0 Å². The fourth-order valence-electron chi connectivity index (χ4n) is 3.33. The number of carbonyl (C=O) groups is 1. The van der Waals surface area contributed by atoms with Crippen molar-refractivity contribution in [2.45, 2.75) is 36.6 Å². The van der Waals surface area contributed by atoms with E-state index in [1.54, 1.807) is 24.3 Å². The third-order valence-electron chi connectivity index (χ3n) is 4.72. The molecule has 1 atom stereocenters. The van der Waals surface area contributed by atoms with E-state index in [0.29, 0.717) is 24.4 Å². The Balaban J connectivity index is 1.74. The third-order valence-corrected chi connectivity index (χ3v) is 6.68. The Morgan fingerprint density at radius 2 is 1.81 bits per heavy atom. The smallest absolute Gasteiger partial charge is 0.243 e. The van der Waals surface area contributed by atoms with Crippen LogP contribution in [0, 0.1) is 0 Å². The molecule has 1 N–H and O–H groups in total. The van der Waals surface area contributed by atoms with E-state index in [0.717, 1.165) is 12.8 Å². The van der Waals surface area contributed by atoms with Crippen LogP contribution >= 0.6 is 0 Å². The molecule has 27 heavy (non-hydrogen) atoms. The van der Waals surface area contributed by atoms with Crippen LogP contribution in [0.5, 0.6) is 5.75 Å². The SMILES string of the molecule is COc1ccc(S(=O)(=O)N2CCCC[C@@H]2CC(=O)Nc2ccccc2)cc1. The van der Waals surface area contributed by atoms with Crippen LogP contribution in [0.4, 0.5) is 5.69 Å². The van der Waals surface area contributed by atoms with Gasteiger partial charge in [0.2, 0.25) is 15.9 Å². The van der Waals surface area contributed by atoms with Crippen molar-refractivity contribution in [1.82, 2.24) is 4.31 Å². The molecule has 1 saturated heterocycles. The van der Waals surface area contributed by atoms with Crippen molar-refractivity contribution in [3.63, 3.8) is 0 Å². The predicted octanol–water partition coefficient (Wildman–Crippen LogP) is 3.27. The zero-order chi connectivity index (χ0) is 19.3. The number of nitrogens with zero attached hydrogens (tertiary/aromatic N) is 1. The van der Waals surface area contributed by atoms with Crippen molar-refractivity contribution in [2.75, 3.05) is 19.0 Å². The predicted molar refractivity (Wildman–Crippen MR) is 104 cm³/mol. The third kappa shape index (κ3) is 4.67. The quantitative estimate of drug-likeness (QED) is 0.824. The highest BCUT2D eigenvalue weighted by Gasteiger charge is 2.34. The van der Waals surface area contributed by atoms with Crippen LogP contribution in [0.15, 0.2) is 59.5 Å². The second-order valence-corrected chi connectivity index (χ2v) is 8.45. The van der Waals surface area contributed by atoms with E-state index in [1.165, 1.54) is 11.4 Å². The lowest BCUT2D eigenvalue weighted by Gasteiger charge is -2.34. The zero-order valence-corrected chi connectivity index (χ0v) is 16.1. The molecule has 0 saturated carbocycles. The van der Waals surface area contributed by atoms with E-state index >= 15 is 0 Å². The molecule has 2 aromatic carbocycles. The lowest BCUT2D eigenvalue weighted by Crippen LogP contribution is -2.45. The maximum absolute atomic E-state index is 13.1. The molecule has 2 aromatic rings. The van der Waals surface area contributed by atoms with Crippen LogP contribution in [0.1, 0.15) is 25.7 Å². The van der Waals surface area contributed by atoms with Crippen molar-refractivity contribution in [1.29, 1.82) is 0 Å². The van der Waals surface area contributed by atoms with Gasteiger partial charge in [-0.05, 0) is 49.2 Å². The molecule has 0 bridgehead atoms. The number of nitrogens with one attached hydrogen (secondary N) is 1. The van der Waals surface area contributed by atoms with Crippen molar-refractivity contribution < 1.29 is 17.9 Å². The summed E-state index contributed by atoms with van der Waals surface area (Å²) in [6.07, 6.45) is 2.53. The molecule has 7 heteroatoms. The molecule has 1 fully saturated rings. The number of para-hydroxylation sites is 1. The highest BCUT2D eigenvalue weighted by Crippen LogP contribution is 2.28. The highest BCUT2D eigenvalue weighted by atomic mass is 32.2. The van der Waals surface area contributed by atoms with E-state index < -0.39 is 10.0 Å². The van der Waals surface area contributed by atoms with Crippen molar-refractivity contribution >= 4 is 21.6 Å². The van der Waals surface area contributed by atoms with E-state index in [4.69, 9.17) is 4.74 Å². The van der Waals surface area contributed by atoms with Crippen molar-refractivity contribution in [3.05, 3.63) is 54.6 Å². The van der Waals surface area contributed by atoms with Gasteiger partial charge in [0.15, 0.2) is 0 Å². The number of rotatable bonds is 6. The Labute approximate surface area is 160 Å².